The van der Waals surface area contributed by atoms with Gasteiger partial charge in [0.05, 0.1) is 5.60 Å². The van der Waals surface area contributed by atoms with E-state index in [1.165, 1.54) is 25.7 Å². The Kier molecular flexibility index (Phi) is 5.13. The smallest absolute Gasteiger partial charge is 0.335 e. The zero-order valence-corrected chi connectivity index (χ0v) is 14.0. The Morgan fingerprint density at radius 3 is 2.71 bits per heavy atom. The first-order valence-corrected chi connectivity index (χ1v) is 8.37. The average molecular weight is 294 g/mol. The summed E-state index contributed by atoms with van der Waals surface area (Å²) in [5.41, 5.74) is 0.262. The van der Waals surface area contributed by atoms with Crippen molar-refractivity contribution in [3.63, 3.8) is 0 Å². The minimum absolute atomic E-state index is 0.157. The van der Waals surface area contributed by atoms with Crippen molar-refractivity contribution in [2.45, 2.75) is 78.1 Å². The van der Waals surface area contributed by atoms with Gasteiger partial charge < -0.3 is 9.47 Å². The molecular weight excluding hydrogens is 264 g/mol. The molecule has 2 fully saturated rings. The highest BCUT2D eigenvalue weighted by Crippen LogP contribution is 2.49. The Morgan fingerprint density at radius 1 is 1.38 bits per heavy atom. The molecule has 2 rings (SSSR count). The van der Waals surface area contributed by atoms with Crippen LogP contribution in [0.3, 0.4) is 0 Å². The second kappa shape index (κ2) is 6.51. The molecule has 0 aromatic carbocycles. The molecule has 2 aliphatic carbocycles. The van der Waals surface area contributed by atoms with Gasteiger partial charge in [-0.25, -0.2) is 4.79 Å². The van der Waals surface area contributed by atoms with Gasteiger partial charge in [-0.1, -0.05) is 26.3 Å². The number of carbonyl (C=O) groups is 1. The van der Waals surface area contributed by atoms with Crippen LogP contribution in [0.1, 0.15) is 66.2 Å². The van der Waals surface area contributed by atoms with E-state index in [9.17, 15) is 4.79 Å². The molecule has 21 heavy (non-hydrogen) atoms. The molecule has 0 aliphatic heterocycles. The molecular formula is C18H30O3. The molecule has 0 radical (unpaired) electrons. The summed E-state index contributed by atoms with van der Waals surface area (Å²) < 4.78 is 11.4. The number of hydrogen-bond acceptors (Lipinski definition) is 3. The van der Waals surface area contributed by atoms with E-state index in [1.54, 1.807) is 6.92 Å². The monoisotopic (exact) mass is 294 g/mol. The van der Waals surface area contributed by atoms with E-state index in [-0.39, 0.29) is 11.6 Å². The maximum absolute atomic E-state index is 11.6. The minimum atomic E-state index is -0.502. The van der Waals surface area contributed by atoms with Crippen LogP contribution in [0.15, 0.2) is 12.2 Å². The van der Waals surface area contributed by atoms with Gasteiger partial charge in [0.1, 0.15) is 0 Å². The van der Waals surface area contributed by atoms with Crippen molar-refractivity contribution < 1.29 is 14.3 Å². The molecule has 3 heteroatoms. The number of fused-ring (bicyclic) bond motifs is 2. The van der Waals surface area contributed by atoms with E-state index in [0.717, 1.165) is 30.6 Å². The molecule has 5 atom stereocenters. The second-order valence-electron chi connectivity index (χ2n) is 7.34. The van der Waals surface area contributed by atoms with Crippen LogP contribution in [0.2, 0.25) is 0 Å². The highest BCUT2D eigenvalue weighted by atomic mass is 16.7. The number of hydrogen-bond donors (Lipinski definition) is 0. The molecule has 0 N–H and O–H groups in total. The van der Waals surface area contributed by atoms with Crippen molar-refractivity contribution in [1.82, 2.24) is 0 Å². The fourth-order valence-electron chi connectivity index (χ4n) is 4.42. The third-order valence-electron chi connectivity index (χ3n) is 5.26. The highest BCUT2D eigenvalue weighted by molar-refractivity contribution is 5.86. The highest BCUT2D eigenvalue weighted by Gasteiger charge is 2.44. The van der Waals surface area contributed by atoms with Crippen molar-refractivity contribution >= 4 is 5.97 Å². The van der Waals surface area contributed by atoms with Crippen molar-refractivity contribution in [3.8, 4) is 0 Å². The van der Waals surface area contributed by atoms with E-state index in [0.29, 0.717) is 5.57 Å². The number of ether oxygens (including phenoxy) is 2. The lowest BCUT2D eigenvalue weighted by atomic mass is 9.62. The number of carbonyl (C=O) groups excluding carboxylic acids is 1. The normalized spacial score (nSPS) is 36.9. The van der Waals surface area contributed by atoms with E-state index >= 15 is 0 Å². The van der Waals surface area contributed by atoms with E-state index in [4.69, 9.17) is 9.47 Å². The van der Waals surface area contributed by atoms with Crippen LogP contribution in [0.4, 0.5) is 0 Å². The molecule has 2 bridgehead atoms. The largest absolute Gasteiger partial charge is 0.433 e. The summed E-state index contributed by atoms with van der Waals surface area (Å²) in [6.07, 6.45) is 7.02. The third kappa shape index (κ3) is 4.09. The van der Waals surface area contributed by atoms with Gasteiger partial charge in [-0.2, -0.15) is 0 Å². The summed E-state index contributed by atoms with van der Waals surface area (Å²) in [5, 5.41) is 0. The molecule has 0 spiro atoms. The fourth-order valence-corrected chi connectivity index (χ4v) is 4.42. The Hall–Kier alpha value is -0.830. The molecule has 0 heterocycles. The molecule has 2 aliphatic rings. The van der Waals surface area contributed by atoms with Gasteiger partial charge in [-0.05, 0) is 64.2 Å². The van der Waals surface area contributed by atoms with E-state index in [2.05, 4.69) is 20.4 Å². The zero-order valence-electron chi connectivity index (χ0n) is 14.0. The SMILES string of the molecule is C=C(C)C(=O)OC(C)OC1(C)CC2CCC(CC)C(C2)C1. The first kappa shape index (κ1) is 16.5. The van der Waals surface area contributed by atoms with Crippen LogP contribution >= 0.6 is 0 Å². The zero-order chi connectivity index (χ0) is 15.6. The van der Waals surface area contributed by atoms with Gasteiger partial charge in [-0.15, -0.1) is 0 Å². The van der Waals surface area contributed by atoms with E-state index < -0.39 is 6.29 Å². The van der Waals surface area contributed by atoms with Crippen molar-refractivity contribution in [2.24, 2.45) is 17.8 Å². The molecule has 0 saturated heterocycles. The van der Waals surface area contributed by atoms with Gasteiger partial charge in [0, 0.05) is 5.57 Å². The summed E-state index contributed by atoms with van der Waals surface area (Å²) in [7, 11) is 0. The molecule has 0 aromatic rings. The standard InChI is InChI=1S/C18H30O3/c1-6-15-8-7-14-9-16(15)11-18(5,10-14)21-13(4)20-17(19)12(2)3/h13-16H,2,6-11H2,1,3-5H3. The Balaban J connectivity index is 1.95. The topological polar surface area (TPSA) is 35.5 Å². The molecule has 0 amide bonds. The summed E-state index contributed by atoms with van der Waals surface area (Å²) in [5.74, 6) is 2.03. The number of esters is 1. The molecule has 3 nitrogen and oxygen atoms in total. The Morgan fingerprint density at radius 2 is 2.10 bits per heavy atom. The van der Waals surface area contributed by atoms with Gasteiger partial charge in [0.2, 0.25) is 6.29 Å². The molecule has 0 aromatic heterocycles. The van der Waals surface area contributed by atoms with Gasteiger partial charge >= 0.3 is 5.97 Å². The van der Waals surface area contributed by atoms with Crippen LogP contribution in [0.5, 0.6) is 0 Å². The fraction of sp³-hybridized carbons (Fsp3) is 0.833. The van der Waals surface area contributed by atoms with Crippen molar-refractivity contribution in [1.29, 1.82) is 0 Å². The maximum Gasteiger partial charge on any atom is 0.335 e. The molecule has 120 valence electrons. The Labute approximate surface area is 129 Å². The first-order chi connectivity index (χ1) is 9.83. The lowest BCUT2D eigenvalue weighted by molar-refractivity contribution is -0.217. The van der Waals surface area contributed by atoms with Gasteiger partial charge in [-0.3, -0.25) is 0 Å². The quantitative estimate of drug-likeness (QED) is 0.426. The maximum atomic E-state index is 11.6. The van der Waals surface area contributed by atoms with Crippen LogP contribution in [0.25, 0.3) is 0 Å². The van der Waals surface area contributed by atoms with Crippen LogP contribution in [-0.4, -0.2) is 17.9 Å². The minimum Gasteiger partial charge on any atom is -0.433 e. The van der Waals surface area contributed by atoms with Crippen LogP contribution in [0, 0.1) is 17.8 Å². The summed E-state index contributed by atoms with van der Waals surface area (Å²) >= 11 is 0. The lowest BCUT2D eigenvalue weighted by Gasteiger charge is -2.48. The second-order valence-corrected chi connectivity index (χ2v) is 7.34. The van der Waals surface area contributed by atoms with Crippen molar-refractivity contribution in [3.05, 3.63) is 12.2 Å². The van der Waals surface area contributed by atoms with Crippen molar-refractivity contribution in [2.75, 3.05) is 0 Å². The van der Waals surface area contributed by atoms with Gasteiger partial charge in [0.15, 0.2) is 0 Å². The Bertz CT molecular complexity index is 403. The molecule has 5 unspecified atom stereocenters. The third-order valence-corrected chi connectivity index (χ3v) is 5.26. The summed E-state index contributed by atoms with van der Waals surface area (Å²) in [6, 6.07) is 0. The molecule has 2 saturated carbocycles. The van der Waals surface area contributed by atoms with E-state index in [1.807, 2.05) is 6.92 Å². The first-order valence-electron chi connectivity index (χ1n) is 8.37. The predicted octanol–water partition coefficient (Wildman–Crippen LogP) is 4.46. The lowest BCUT2D eigenvalue weighted by Crippen LogP contribution is -2.45. The summed E-state index contributed by atoms with van der Waals surface area (Å²) in [6.45, 7) is 11.6. The summed E-state index contributed by atoms with van der Waals surface area (Å²) in [4.78, 5) is 11.6. The van der Waals surface area contributed by atoms with Gasteiger partial charge in [0.25, 0.3) is 0 Å². The van der Waals surface area contributed by atoms with Crippen LogP contribution in [-0.2, 0) is 14.3 Å². The average Bonchev–Trinajstić information content (AvgIpc) is 2.37. The van der Waals surface area contributed by atoms with Crippen LogP contribution < -0.4 is 0 Å². The number of rotatable bonds is 5. The predicted molar refractivity (Wildman–Crippen MR) is 83.7 cm³/mol.